The van der Waals surface area contributed by atoms with Crippen LogP contribution >= 0.6 is 0 Å². The molecule has 0 amide bonds. The third-order valence-electron chi connectivity index (χ3n) is 3.14. The van der Waals surface area contributed by atoms with Crippen LogP contribution in [0.25, 0.3) is 0 Å². The predicted octanol–water partition coefficient (Wildman–Crippen LogP) is 3.33. The van der Waals surface area contributed by atoms with Gasteiger partial charge in [0.2, 0.25) is 0 Å². The molecule has 0 aliphatic rings. The molecule has 0 aromatic heterocycles. The molecule has 19 heavy (non-hydrogen) atoms. The zero-order chi connectivity index (χ0) is 14.1. The van der Waals surface area contributed by atoms with Crippen LogP contribution in [0.1, 0.15) is 31.4 Å². The second kappa shape index (κ2) is 9.05. The average Bonchev–Trinajstić information content (AvgIpc) is 2.34. The van der Waals surface area contributed by atoms with Gasteiger partial charge in [-0.2, -0.15) is 0 Å². The number of halogens is 1. The quantitative estimate of drug-likeness (QED) is 0.693. The van der Waals surface area contributed by atoms with Crippen molar-refractivity contribution in [2.24, 2.45) is 5.92 Å². The molecule has 0 atom stereocenters. The molecule has 0 aliphatic carbocycles. The summed E-state index contributed by atoms with van der Waals surface area (Å²) in [5.41, 5.74) is 2.23. The second-order valence-electron chi connectivity index (χ2n) is 5.37. The highest BCUT2D eigenvalue weighted by molar-refractivity contribution is 5.26. The third kappa shape index (κ3) is 7.28. The predicted molar refractivity (Wildman–Crippen MR) is 78.0 cm³/mol. The summed E-state index contributed by atoms with van der Waals surface area (Å²) in [5, 5.41) is 3.35. The van der Waals surface area contributed by atoms with Gasteiger partial charge in [-0.25, -0.2) is 4.39 Å². The van der Waals surface area contributed by atoms with Crippen LogP contribution in [-0.4, -0.2) is 26.3 Å². The minimum Gasteiger partial charge on any atom is -0.380 e. The van der Waals surface area contributed by atoms with Gasteiger partial charge in [-0.05, 0) is 55.5 Å². The summed E-state index contributed by atoms with van der Waals surface area (Å²) in [6.45, 7) is 9.73. The largest absolute Gasteiger partial charge is 0.380 e. The first kappa shape index (κ1) is 16.1. The fourth-order valence-corrected chi connectivity index (χ4v) is 1.85. The number of ether oxygens (including phenoxy) is 1. The van der Waals surface area contributed by atoms with E-state index in [9.17, 15) is 4.39 Å². The highest BCUT2D eigenvalue weighted by Gasteiger charge is 1.99. The number of hydrogen-bond donors (Lipinski definition) is 1. The van der Waals surface area contributed by atoms with Crippen molar-refractivity contribution in [3.8, 4) is 0 Å². The van der Waals surface area contributed by atoms with E-state index in [4.69, 9.17) is 4.74 Å². The molecule has 3 heteroatoms. The van der Waals surface area contributed by atoms with E-state index in [-0.39, 0.29) is 5.82 Å². The summed E-state index contributed by atoms with van der Waals surface area (Å²) in [7, 11) is 0. The Balaban J connectivity index is 2.04. The van der Waals surface area contributed by atoms with Crippen LogP contribution in [0.2, 0.25) is 0 Å². The highest BCUT2D eigenvalue weighted by Crippen LogP contribution is 2.10. The summed E-state index contributed by atoms with van der Waals surface area (Å²) in [4.78, 5) is 0. The molecule has 1 aromatic carbocycles. The second-order valence-corrected chi connectivity index (χ2v) is 5.37. The first-order valence-electron chi connectivity index (χ1n) is 7.13. The molecular formula is C16H26FNO. The molecule has 0 bridgehead atoms. The first-order chi connectivity index (χ1) is 9.09. The van der Waals surface area contributed by atoms with Gasteiger partial charge in [0, 0.05) is 13.2 Å². The van der Waals surface area contributed by atoms with Crippen molar-refractivity contribution in [1.29, 1.82) is 0 Å². The molecule has 2 nitrogen and oxygen atoms in total. The van der Waals surface area contributed by atoms with Gasteiger partial charge in [0.15, 0.2) is 0 Å². The maximum Gasteiger partial charge on any atom is 0.123 e. The van der Waals surface area contributed by atoms with E-state index in [0.717, 1.165) is 44.7 Å². The lowest BCUT2D eigenvalue weighted by Crippen LogP contribution is -2.22. The molecule has 1 aromatic rings. The minimum atomic E-state index is -0.159. The molecule has 0 spiro atoms. The maximum absolute atomic E-state index is 12.9. The van der Waals surface area contributed by atoms with Crippen LogP contribution in [0.15, 0.2) is 18.2 Å². The summed E-state index contributed by atoms with van der Waals surface area (Å²) in [6.07, 6.45) is 2.05. The van der Waals surface area contributed by atoms with Crippen molar-refractivity contribution in [2.45, 2.75) is 33.6 Å². The number of benzene rings is 1. The van der Waals surface area contributed by atoms with E-state index in [1.165, 1.54) is 11.6 Å². The van der Waals surface area contributed by atoms with Crippen molar-refractivity contribution in [3.05, 3.63) is 35.1 Å². The molecule has 1 N–H and O–H groups in total. The van der Waals surface area contributed by atoms with Gasteiger partial charge in [-0.15, -0.1) is 0 Å². The van der Waals surface area contributed by atoms with E-state index in [1.54, 1.807) is 6.07 Å². The molecule has 0 aliphatic heterocycles. The monoisotopic (exact) mass is 267 g/mol. The Labute approximate surface area is 116 Å². The summed E-state index contributed by atoms with van der Waals surface area (Å²) < 4.78 is 18.5. The smallest absolute Gasteiger partial charge is 0.123 e. The van der Waals surface area contributed by atoms with Crippen molar-refractivity contribution >= 4 is 0 Å². The number of rotatable bonds is 9. The van der Waals surface area contributed by atoms with Gasteiger partial charge in [0.05, 0.1) is 6.61 Å². The Morgan fingerprint density at radius 2 is 2.00 bits per heavy atom. The van der Waals surface area contributed by atoms with Crippen LogP contribution in [0, 0.1) is 18.7 Å². The molecule has 0 fully saturated rings. The lowest BCUT2D eigenvalue weighted by atomic mass is 10.1. The average molecular weight is 267 g/mol. The van der Waals surface area contributed by atoms with Gasteiger partial charge in [0.25, 0.3) is 0 Å². The van der Waals surface area contributed by atoms with Crippen molar-refractivity contribution in [1.82, 2.24) is 5.32 Å². The Morgan fingerprint density at radius 3 is 2.68 bits per heavy atom. The van der Waals surface area contributed by atoms with Crippen molar-refractivity contribution in [3.63, 3.8) is 0 Å². The fourth-order valence-electron chi connectivity index (χ4n) is 1.85. The minimum absolute atomic E-state index is 0.159. The van der Waals surface area contributed by atoms with E-state index < -0.39 is 0 Å². The van der Waals surface area contributed by atoms with Gasteiger partial charge in [-0.3, -0.25) is 0 Å². The van der Waals surface area contributed by atoms with Crippen LogP contribution < -0.4 is 5.32 Å². The first-order valence-corrected chi connectivity index (χ1v) is 7.13. The number of hydrogen-bond acceptors (Lipinski definition) is 2. The Kier molecular flexibility index (Phi) is 7.68. The van der Waals surface area contributed by atoms with E-state index in [2.05, 4.69) is 19.2 Å². The lowest BCUT2D eigenvalue weighted by Gasteiger charge is -2.09. The number of nitrogens with one attached hydrogen (secondary N) is 1. The molecule has 1 rings (SSSR count). The van der Waals surface area contributed by atoms with E-state index >= 15 is 0 Å². The van der Waals surface area contributed by atoms with Gasteiger partial charge in [0.1, 0.15) is 5.82 Å². The summed E-state index contributed by atoms with van der Waals surface area (Å²) in [6, 6.07) is 4.98. The van der Waals surface area contributed by atoms with Crippen LogP contribution in [0.3, 0.4) is 0 Å². The van der Waals surface area contributed by atoms with Gasteiger partial charge < -0.3 is 10.1 Å². The molecular weight excluding hydrogens is 241 g/mol. The van der Waals surface area contributed by atoms with Crippen LogP contribution in [-0.2, 0) is 11.2 Å². The molecule has 0 saturated carbocycles. The van der Waals surface area contributed by atoms with Gasteiger partial charge in [-0.1, -0.05) is 19.9 Å². The highest BCUT2D eigenvalue weighted by atomic mass is 19.1. The van der Waals surface area contributed by atoms with Crippen molar-refractivity contribution in [2.75, 3.05) is 26.3 Å². The molecule has 0 heterocycles. The number of aryl methyl sites for hydroxylation is 1. The normalized spacial score (nSPS) is 11.2. The lowest BCUT2D eigenvalue weighted by molar-refractivity contribution is 0.125. The Morgan fingerprint density at radius 1 is 1.21 bits per heavy atom. The Hall–Kier alpha value is -0.930. The SMILES string of the molecule is Cc1cc(F)ccc1CCNCCOCCC(C)C. The Bertz CT molecular complexity index is 366. The molecule has 0 saturated heterocycles. The topological polar surface area (TPSA) is 21.3 Å². The summed E-state index contributed by atoms with van der Waals surface area (Å²) in [5.74, 6) is 0.544. The van der Waals surface area contributed by atoms with Gasteiger partial charge >= 0.3 is 0 Å². The molecule has 0 unspecified atom stereocenters. The third-order valence-corrected chi connectivity index (χ3v) is 3.14. The maximum atomic E-state index is 12.9. The zero-order valence-electron chi connectivity index (χ0n) is 12.3. The fraction of sp³-hybridized carbons (Fsp3) is 0.625. The van der Waals surface area contributed by atoms with Crippen LogP contribution in [0.4, 0.5) is 4.39 Å². The summed E-state index contributed by atoms with van der Waals surface area (Å²) >= 11 is 0. The van der Waals surface area contributed by atoms with E-state index in [1.807, 2.05) is 13.0 Å². The van der Waals surface area contributed by atoms with Crippen LogP contribution in [0.5, 0.6) is 0 Å². The van der Waals surface area contributed by atoms with E-state index in [0.29, 0.717) is 5.92 Å². The molecule has 108 valence electrons. The standard InChI is InChI=1S/C16H26FNO/c1-13(2)7-10-19-11-9-18-8-6-15-4-5-16(17)12-14(15)3/h4-5,12-13,18H,6-11H2,1-3H3. The zero-order valence-corrected chi connectivity index (χ0v) is 12.3. The molecule has 0 radical (unpaired) electrons. The van der Waals surface area contributed by atoms with Crippen molar-refractivity contribution < 1.29 is 9.13 Å².